The molecule has 0 spiro atoms. The van der Waals surface area contributed by atoms with Crippen molar-refractivity contribution in [2.45, 2.75) is 18.9 Å². The van der Waals surface area contributed by atoms with Crippen LogP contribution in [0, 0.1) is 5.92 Å². The zero-order valence-corrected chi connectivity index (χ0v) is 13.0. The molecule has 2 unspecified atom stereocenters. The average molecular weight is 333 g/mol. The Hall–Kier alpha value is -0.980. The van der Waals surface area contributed by atoms with Crippen molar-refractivity contribution in [3.8, 4) is 11.5 Å². The number of rotatable bonds is 2. The fraction of sp³-hybridized carbons (Fsp3) is 0.571. The molecule has 2 aliphatic rings. The minimum absolute atomic E-state index is 0.00105. The first kappa shape index (κ1) is 14.9. The first-order chi connectivity index (χ1) is 9.96. The highest BCUT2D eigenvalue weighted by molar-refractivity contribution is 7.91. The molecule has 1 fully saturated rings. The lowest BCUT2D eigenvalue weighted by Crippen LogP contribution is -2.15. The second-order valence-electron chi connectivity index (χ2n) is 5.48. The van der Waals surface area contributed by atoms with E-state index >= 15 is 0 Å². The van der Waals surface area contributed by atoms with E-state index in [1.165, 1.54) is 0 Å². The van der Waals surface area contributed by atoms with Crippen LogP contribution < -0.4 is 9.47 Å². The lowest BCUT2D eigenvalue weighted by Gasteiger charge is -2.20. The molecule has 2 aliphatic heterocycles. The standard InChI is InChI=1S/C14H17ClO5S/c15-11-7-13-12(19-3-1-4-20-13)6-10(11)14(16)9-2-5-21(17,18)8-9/h6-7,9,14,16H,1-5,8H2. The van der Waals surface area contributed by atoms with Crippen LogP contribution in [0.25, 0.3) is 0 Å². The molecule has 2 heterocycles. The summed E-state index contributed by atoms with van der Waals surface area (Å²) in [5.41, 5.74) is 0.503. The van der Waals surface area contributed by atoms with Crippen LogP contribution in [0.2, 0.25) is 5.02 Å². The van der Waals surface area contributed by atoms with Crippen LogP contribution in [-0.4, -0.2) is 38.2 Å². The van der Waals surface area contributed by atoms with Crippen molar-refractivity contribution in [2.24, 2.45) is 5.92 Å². The van der Waals surface area contributed by atoms with Gasteiger partial charge in [0.25, 0.3) is 0 Å². The van der Waals surface area contributed by atoms with Crippen molar-refractivity contribution in [3.05, 3.63) is 22.7 Å². The first-order valence-corrected chi connectivity index (χ1v) is 9.14. The van der Waals surface area contributed by atoms with Gasteiger partial charge in [-0.15, -0.1) is 0 Å². The predicted octanol–water partition coefficient (Wildman–Crippen LogP) is 1.97. The highest BCUT2D eigenvalue weighted by Gasteiger charge is 2.35. The van der Waals surface area contributed by atoms with E-state index in [1.54, 1.807) is 12.1 Å². The number of aliphatic hydroxyl groups is 1. The van der Waals surface area contributed by atoms with E-state index in [0.29, 0.717) is 41.7 Å². The third kappa shape index (κ3) is 3.12. The van der Waals surface area contributed by atoms with E-state index in [0.717, 1.165) is 6.42 Å². The predicted molar refractivity (Wildman–Crippen MR) is 78.8 cm³/mol. The van der Waals surface area contributed by atoms with E-state index in [9.17, 15) is 13.5 Å². The van der Waals surface area contributed by atoms with E-state index in [1.807, 2.05) is 0 Å². The van der Waals surface area contributed by atoms with Gasteiger partial charge < -0.3 is 14.6 Å². The van der Waals surface area contributed by atoms with E-state index < -0.39 is 15.9 Å². The van der Waals surface area contributed by atoms with Crippen LogP contribution in [0.1, 0.15) is 24.5 Å². The van der Waals surface area contributed by atoms with Crippen LogP contribution in [0.5, 0.6) is 11.5 Å². The van der Waals surface area contributed by atoms with Crippen molar-refractivity contribution in [1.82, 2.24) is 0 Å². The Labute approximate surface area is 128 Å². The number of benzene rings is 1. The molecule has 116 valence electrons. The number of halogens is 1. The average Bonchev–Trinajstić information content (AvgIpc) is 2.66. The Morgan fingerprint density at radius 2 is 1.90 bits per heavy atom. The smallest absolute Gasteiger partial charge is 0.162 e. The van der Waals surface area contributed by atoms with E-state index in [4.69, 9.17) is 21.1 Å². The number of hydrogen-bond donors (Lipinski definition) is 1. The number of fused-ring (bicyclic) bond motifs is 1. The molecule has 5 nitrogen and oxygen atoms in total. The van der Waals surface area contributed by atoms with Gasteiger partial charge in [-0.05, 0) is 12.5 Å². The number of hydrogen-bond acceptors (Lipinski definition) is 5. The summed E-state index contributed by atoms with van der Waals surface area (Å²) in [4.78, 5) is 0. The molecule has 0 bridgehead atoms. The maximum atomic E-state index is 11.6. The van der Waals surface area contributed by atoms with Crippen molar-refractivity contribution in [2.75, 3.05) is 24.7 Å². The Morgan fingerprint density at radius 3 is 2.52 bits per heavy atom. The van der Waals surface area contributed by atoms with Crippen LogP contribution in [0.3, 0.4) is 0 Å². The zero-order valence-electron chi connectivity index (χ0n) is 11.4. The molecule has 3 rings (SSSR count). The molecule has 0 amide bonds. The van der Waals surface area contributed by atoms with Crippen molar-refractivity contribution >= 4 is 21.4 Å². The zero-order chi connectivity index (χ0) is 15.0. The Balaban J connectivity index is 1.90. The van der Waals surface area contributed by atoms with Gasteiger partial charge in [0.1, 0.15) is 0 Å². The van der Waals surface area contributed by atoms with Crippen molar-refractivity contribution < 1.29 is 23.0 Å². The van der Waals surface area contributed by atoms with Gasteiger partial charge in [-0.1, -0.05) is 11.6 Å². The summed E-state index contributed by atoms with van der Waals surface area (Å²) in [7, 11) is -3.04. The topological polar surface area (TPSA) is 72.8 Å². The summed E-state index contributed by atoms with van der Waals surface area (Å²) in [6.45, 7) is 1.11. The number of aliphatic hydroxyl groups excluding tert-OH is 1. The lowest BCUT2D eigenvalue weighted by atomic mass is 9.95. The number of ether oxygens (including phenoxy) is 2. The van der Waals surface area contributed by atoms with Gasteiger partial charge in [0, 0.05) is 24.0 Å². The van der Waals surface area contributed by atoms with Gasteiger partial charge in [-0.25, -0.2) is 8.42 Å². The fourth-order valence-electron chi connectivity index (χ4n) is 2.75. The fourth-order valence-corrected chi connectivity index (χ4v) is 4.85. The van der Waals surface area contributed by atoms with Gasteiger partial charge in [0.2, 0.25) is 0 Å². The molecule has 1 saturated heterocycles. The van der Waals surface area contributed by atoms with Crippen LogP contribution in [0.4, 0.5) is 0 Å². The summed E-state index contributed by atoms with van der Waals surface area (Å²) >= 11 is 6.21. The molecule has 1 N–H and O–H groups in total. The molecule has 2 atom stereocenters. The summed E-state index contributed by atoms with van der Waals surface area (Å²) in [5, 5.41) is 10.8. The van der Waals surface area contributed by atoms with Crippen LogP contribution in [-0.2, 0) is 9.84 Å². The van der Waals surface area contributed by atoms with Crippen LogP contribution in [0.15, 0.2) is 12.1 Å². The van der Waals surface area contributed by atoms with E-state index in [2.05, 4.69) is 0 Å². The molecule has 0 aliphatic carbocycles. The Bertz CT molecular complexity index is 643. The minimum atomic E-state index is -3.04. The van der Waals surface area contributed by atoms with Gasteiger partial charge in [-0.3, -0.25) is 0 Å². The summed E-state index contributed by atoms with van der Waals surface area (Å²) in [6, 6.07) is 3.29. The molecular weight excluding hydrogens is 316 g/mol. The highest BCUT2D eigenvalue weighted by atomic mass is 35.5. The largest absolute Gasteiger partial charge is 0.490 e. The maximum absolute atomic E-state index is 11.6. The molecule has 1 aromatic rings. The SMILES string of the molecule is O=S1(=O)CCC(C(O)c2cc3c(cc2Cl)OCCCO3)C1. The third-order valence-corrected chi connectivity index (χ3v) is 6.02. The number of sulfone groups is 1. The Morgan fingerprint density at radius 1 is 1.24 bits per heavy atom. The molecule has 21 heavy (non-hydrogen) atoms. The third-order valence-electron chi connectivity index (χ3n) is 3.90. The van der Waals surface area contributed by atoms with Gasteiger partial charge in [-0.2, -0.15) is 0 Å². The lowest BCUT2D eigenvalue weighted by molar-refractivity contribution is 0.121. The second kappa shape index (κ2) is 5.66. The van der Waals surface area contributed by atoms with Crippen molar-refractivity contribution in [3.63, 3.8) is 0 Å². The molecular formula is C14H17ClO5S. The van der Waals surface area contributed by atoms with Gasteiger partial charge in [0.05, 0.1) is 35.8 Å². The molecule has 0 radical (unpaired) electrons. The molecule has 0 aromatic heterocycles. The maximum Gasteiger partial charge on any atom is 0.162 e. The summed E-state index contributed by atoms with van der Waals surface area (Å²) in [5.74, 6) is 0.909. The monoisotopic (exact) mass is 332 g/mol. The summed E-state index contributed by atoms with van der Waals surface area (Å²) < 4.78 is 34.2. The first-order valence-electron chi connectivity index (χ1n) is 6.94. The van der Waals surface area contributed by atoms with Crippen LogP contribution >= 0.6 is 11.6 Å². The second-order valence-corrected chi connectivity index (χ2v) is 8.11. The molecule has 0 saturated carbocycles. The quantitative estimate of drug-likeness (QED) is 0.896. The van der Waals surface area contributed by atoms with Gasteiger partial charge >= 0.3 is 0 Å². The van der Waals surface area contributed by atoms with E-state index in [-0.39, 0.29) is 17.4 Å². The molecule has 7 heteroatoms. The van der Waals surface area contributed by atoms with Crippen molar-refractivity contribution in [1.29, 1.82) is 0 Å². The van der Waals surface area contributed by atoms with Gasteiger partial charge in [0.15, 0.2) is 21.3 Å². The Kier molecular flexibility index (Phi) is 4.03. The molecule has 1 aromatic carbocycles. The summed E-state index contributed by atoms with van der Waals surface area (Å²) in [6.07, 6.45) is 0.325. The normalized spacial score (nSPS) is 25.3. The minimum Gasteiger partial charge on any atom is -0.490 e. The highest BCUT2D eigenvalue weighted by Crippen LogP contribution is 2.41.